The largest absolute Gasteiger partial charge is 0.573 e. The molecule has 13 heteroatoms. The summed E-state index contributed by atoms with van der Waals surface area (Å²) in [5, 5.41) is 10.5. The van der Waals surface area contributed by atoms with Crippen LogP contribution in [0.4, 0.5) is 18.0 Å². The first-order valence-corrected chi connectivity index (χ1v) is 11.8. The van der Waals surface area contributed by atoms with Gasteiger partial charge in [0.15, 0.2) is 0 Å². The van der Waals surface area contributed by atoms with E-state index in [-0.39, 0.29) is 12.4 Å². The van der Waals surface area contributed by atoms with E-state index in [2.05, 4.69) is 25.0 Å². The van der Waals surface area contributed by atoms with Gasteiger partial charge in [-0.25, -0.2) is 4.79 Å². The Morgan fingerprint density at radius 3 is 2.44 bits per heavy atom. The second kappa shape index (κ2) is 10.4. The lowest BCUT2D eigenvalue weighted by Gasteiger charge is -2.33. The summed E-state index contributed by atoms with van der Waals surface area (Å²) >= 11 is 0. The lowest BCUT2D eigenvalue weighted by molar-refractivity contribution is -0.274. The fourth-order valence-corrected chi connectivity index (χ4v) is 4.59. The molecule has 34 heavy (non-hydrogen) atoms. The van der Waals surface area contributed by atoms with Crippen LogP contribution < -0.4 is 4.74 Å². The number of carbonyl (C=O) groups is 1. The molecule has 0 radical (unpaired) electrons. The van der Waals surface area contributed by atoms with Crippen molar-refractivity contribution in [1.82, 2.24) is 25.2 Å². The first-order chi connectivity index (χ1) is 16.3. The highest BCUT2D eigenvalue weighted by atomic mass is 32.2. The Balaban J connectivity index is 1.17. The minimum atomic E-state index is -4.75. The average molecular weight is 497 g/mol. The molecule has 3 aromatic rings. The third-order valence-electron chi connectivity index (χ3n) is 5.29. The molecule has 1 aliphatic heterocycles. The van der Waals surface area contributed by atoms with Crippen LogP contribution in [0.5, 0.6) is 5.75 Å². The van der Waals surface area contributed by atoms with Gasteiger partial charge in [-0.1, -0.05) is 12.1 Å². The lowest BCUT2D eigenvalue weighted by atomic mass is 10.2. The molecule has 1 atom stereocenters. The van der Waals surface area contributed by atoms with Crippen LogP contribution in [-0.4, -0.2) is 80.4 Å². The van der Waals surface area contributed by atoms with Crippen molar-refractivity contribution in [1.29, 1.82) is 0 Å². The van der Waals surface area contributed by atoms with Crippen molar-refractivity contribution in [2.75, 3.05) is 38.5 Å². The molecular weight excluding hydrogens is 475 g/mol. The van der Waals surface area contributed by atoms with Gasteiger partial charge in [0.05, 0.1) is 10.8 Å². The van der Waals surface area contributed by atoms with Gasteiger partial charge in [-0.3, -0.25) is 9.11 Å². The number of H-pyrrole nitrogens is 1. The van der Waals surface area contributed by atoms with E-state index in [0.29, 0.717) is 54.5 Å². The van der Waals surface area contributed by atoms with Crippen LogP contribution in [0.1, 0.15) is 5.56 Å². The molecule has 0 saturated carbocycles. The van der Waals surface area contributed by atoms with Gasteiger partial charge in [-0.2, -0.15) is 15.4 Å². The zero-order valence-corrected chi connectivity index (χ0v) is 18.8. The summed E-state index contributed by atoms with van der Waals surface area (Å²) in [5.41, 5.74) is 1.94. The molecule has 1 aliphatic rings. The highest BCUT2D eigenvalue weighted by Gasteiger charge is 2.31. The number of ether oxygens (including phenoxy) is 2. The summed E-state index contributed by atoms with van der Waals surface area (Å²) in [6.07, 6.45) is -5.24. The van der Waals surface area contributed by atoms with E-state index in [0.717, 1.165) is 5.52 Å². The zero-order valence-electron chi connectivity index (χ0n) is 18.0. The zero-order chi connectivity index (χ0) is 24.1. The summed E-state index contributed by atoms with van der Waals surface area (Å²) in [6, 6.07) is 10.5. The SMILES string of the molecule is O=C(OCc1ccc(OC(F)(F)F)cc1)N1CCN(CC[S@@](=O)c2ccc3n[nH]nc3c2)CC1. The highest BCUT2D eigenvalue weighted by Crippen LogP contribution is 2.23. The van der Waals surface area contributed by atoms with Crippen LogP contribution in [0.15, 0.2) is 47.4 Å². The topological polar surface area (TPSA) is 101 Å². The predicted molar refractivity (Wildman–Crippen MR) is 116 cm³/mol. The van der Waals surface area contributed by atoms with Crippen molar-refractivity contribution in [3.63, 3.8) is 0 Å². The first kappa shape index (κ1) is 24.0. The number of fused-ring (bicyclic) bond motifs is 1. The summed E-state index contributed by atoms with van der Waals surface area (Å²) in [6.45, 7) is 2.75. The first-order valence-electron chi connectivity index (χ1n) is 10.4. The Morgan fingerprint density at radius 1 is 1.03 bits per heavy atom. The molecule has 0 spiro atoms. The van der Waals surface area contributed by atoms with Gasteiger partial charge in [0, 0.05) is 43.4 Å². The molecule has 9 nitrogen and oxygen atoms in total. The number of nitrogens with zero attached hydrogens (tertiary/aromatic N) is 4. The number of nitrogens with one attached hydrogen (secondary N) is 1. The lowest BCUT2D eigenvalue weighted by Crippen LogP contribution is -2.49. The number of piperazine rings is 1. The molecule has 1 fully saturated rings. The molecule has 1 amide bonds. The molecule has 4 rings (SSSR count). The van der Waals surface area contributed by atoms with Gasteiger partial charge in [0.1, 0.15) is 23.4 Å². The van der Waals surface area contributed by atoms with E-state index in [4.69, 9.17) is 4.74 Å². The number of alkyl halides is 3. The number of hydrogen-bond donors (Lipinski definition) is 1. The molecule has 2 heterocycles. The number of benzene rings is 2. The third-order valence-corrected chi connectivity index (χ3v) is 6.63. The van der Waals surface area contributed by atoms with Gasteiger partial charge < -0.3 is 14.4 Å². The normalized spacial score (nSPS) is 15.9. The fraction of sp³-hybridized carbons (Fsp3) is 0.381. The number of hydrogen-bond acceptors (Lipinski definition) is 7. The van der Waals surface area contributed by atoms with Crippen LogP contribution in [0, 0.1) is 0 Å². The van der Waals surface area contributed by atoms with Crippen LogP contribution >= 0.6 is 0 Å². The molecule has 2 aromatic carbocycles. The number of aromatic amines is 1. The maximum absolute atomic E-state index is 12.6. The summed E-state index contributed by atoms with van der Waals surface area (Å²) in [7, 11) is -1.17. The van der Waals surface area contributed by atoms with Gasteiger partial charge in [0.2, 0.25) is 0 Å². The second-order valence-electron chi connectivity index (χ2n) is 7.60. The van der Waals surface area contributed by atoms with Crippen molar-refractivity contribution in [3.8, 4) is 5.75 Å². The van der Waals surface area contributed by atoms with Gasteiger partial charge >= 0.3 is 12.5 Å². The summed E-state index contributed by atoms with van der Waals surface area (Å²) in [5.74, 6) is 0.125. The maximum Gasteiger partial charge on any atom is 0.573 e. The van der Waals surface area contributed by atoms with Gasteiger partial charge in [-0.15, -0.1) is 13.2 Å². The second-order valence-corrected chi connectivity index (χ2v) is 9.17. The molecular formula is C21H22F3N5O4S. The third kappa shape index (κ3) is 6.44. The predicted octanol–water partition coefficient (Wildman–Crippen LogP) is 2.92. The van der Waals surface area contributed by atoms with E-state index < -0.39 is 23.3 Å². The summed E-state index contributed by atoms with van der Waals surface area (Å²) < 4.78 is 58.3. The smallest absolute Gasteiger partial charge is 0.445 e. The highest BCUT2D eigenvalue weighted by molar-refractivity contribution is 7.85. The molecule has 1 N–H and O–H groups in total. The molecule has 182 valence electrons. The molecule has 0 aliphatic carbocycles. The van der Waals surface area contributed by atoms with Crippen molar-refractivity contribution in [2.24, 2.45) is 0 Å². The van der Waals surface area contributed by atoms with Crippen molar-refractivity contribution < 1.29 is 31.6 Å². The number of aromatic nitrogens is 3. The van der Waals surface area contributed by atoms with E-state index in [1.54, 1.807) is 23.1 Å². The monoisotopic (exact) mass is 497 g/mol. The Hall–Kier alpha value is -3.19. The quantitative estimate of drug-likeness (QED) is 0.536. The van der Waals surface area contributed by atoms with Gasteiger partial charge in [0.25, 0.3) is 0 Å². The molecule has 1 aromatic heterocycles. The van der Waals surface area contributed by atoms with Crippen LogP contribution in [-0.2, 0) is 22.1 Å². The number of halogens is 3. The van der Waals surface area contributed by atoms with E-state index in [1.165, 1.54) is 24.3 Å². The van der Waals surface area contributed by atoms with Crippen LogP contribution in [0.3, 0.4) is 0 Å². The van der Waals surface area contributed by atoms with E-state index in [9.17, 15) is 22.2 Å². The number of carbonyl (C=O) groups excluding carboxylic acids is 1. The van der Waals surface area contributed by atoms with Crippen molar-refractivity contribution >= 4 is 27.9 Å². The maximum atomic E-state index is 12.6. The van der Waals surface area contributed by atoms with Crippen LogP contribution in [0.2, 0.25) is 0 Å². The van der Waals surface area contributed by atoms with Crippen molar-refractivity contribution in [3.05, 3.63) is 48.0 Å². The minimum Gasteiger partial charge on any atom is -0.445 e. The minimum absolute atomic E-state index is 0.0554. The Kier molecular flexibility index (Phi) is 7.32. The Bertz CT molecular complexity index is 1150. The van der Waals surface area contributed by atoms with E-state index in [1.807, 2.05) is 0 Å². The molecule has 0 bridgehead atoms. The Labute approximate surface area is 195 Å². The number of rotatable bonds is 7. The Morgan fingerprint density at radius 2 is 1.74 bits per heavy atom. The van der Waals surface area contributed by atoms with Crippen LogP contribution in [0.25, 0.3) is 11.0 Å². The summed E-state index contributed by atoms with van der Waals surface area (Å²) in [4.78, 5) is 16.7. The number of amides is 1. The van der Waals surface area contributed by atoms with E-state index >= 15 is 0 Å². The fourth-order valence-electron chi connectivity index (χ4n) is 3.47. The van der Waals surface area contributed by atoms with Crippen molar-refractivity contribution in [2.45, 2.75) is 17.9 Å². The van der Waals surface area contributed by atoms with Gasteiger partial charge in [-0.05, 0) is 35.9 Å². The standard InChI is InChI=1S/C21H22F3N5O4S/c22-21(23,24)33-16-3-1-15(2-4-16)14-32-20(30)29-9-7-28(8-10-29)11-12-34(31)17-5-6-18-19(13-17)26-27-25-18/h1-6,13H,7-12,14H2,(H,25,26,27)/t34-/m1/s1. The average Bonchev–Trinajstić information content (AvgIpc) is 3.29. The molecule has 0 unspecified atom stereocenters. The molecule has 1 saturated heterocycles.